The fraction of sp³-hybridized carbons (Fsp3) is 0.321. The number of rotatable bonds is 8. The van der Waals surface area contributed by atoms with Crippen LogP contribution in [0.15, 0.2) is 53.1 Å². The molecule has 0 radical (unpaired) electrons. The van der Waals surface area contributed by atoms with E-state index in [2.05, 4.69) is 10.6 Å². The molecule has 2 aliphatic carbocycles. The van der Waals surface area contributed by atoms with Gasteiger partial charge in [-0.2, -0.15) is 22.0 Å². The Balaban J connectivity index is 1.49. The van der Waals surface area contributed by atoms with Gasteiger partial charge in [0.25, 0.3) is 11.8 Å². The highest BCUT2D eigenvalue weighted by atomic mass is 35.5. The third kappa shape index (κ3) is 7.07. The number of carbonyl (C=O) groups excluding carboxylic acids is 3. The summed E-state index contributed by atoms with van der Waals surface area (Å²) in [5, 5.41) is 5.93. The van der Waals surface area contributed by atoms with Gasteiger partial charge in [-0.1, -0.05) is 30.7 Å². The fourth-order valence-electron chi connectivity index (χ4n) is 4.59. The predicted octanol–water partition coefficient (Wildman–Crippen LogP) is 7.57. The number of benzene rings is 2. The minimum Gasteiger partial charge on any atom is -0.349 e. The van der Waals surface area contributed by atoms with Crippen molar-refractivity contribution in [1.82, 2.24) is 5.32 Å². The van der Waals surface area contributed by atoms with Crippen molar-refractivity contribution in [2.45, 2.75) is 48.2 Å². The van der Waals surface area contributed by atoms with Crippen molar-refractivity contribution in [2.75, 3.05) is 10.6 Å². The molecule has 6 nitrogen and oxygen atoms in total. The third-order valence-corrected chi connectivity index (χ3v) is 8.39. The molecule has 2 aliphatic rings. The molecule has 17 heteroatoms. The second-order valence-electron chi connectivity index (χ2n) is 10.1. The van der Waals surface area contributed by atoms with Crippen LogP contribution in [0.1, 0.15) is 36.8 Å². The summed E-state index contributed by atoms with van der Waals surface area (Å²) in [4.78, 5) is 37.7. The maximum Gasteiger partial charge on any atom is 0.419 e. The summed E-state index contributed by atoms with van der Waals surface area (Å²) in [6.07, 6.45) is -3.45. The van der Waals surface area contributed by atoms with Gasteiger partial charge in [0.1, 0.15) is 21.7 Å². The average Bonchev–Trinajstić information content (AvgIpc) is 3.54. The molecule has 45 heavy (non-hydrogen) atoms. The summed E-state index contributed by atoms with van der Waals surface area (Å²) in [6.45, 7) is 0.983. The first-order chi connectivity index (χ1) is 20.8. The van der Waals surface area contributed by atoms with Crippen LogP contribution in [-0.2, 0) is 20.6 Å². The lowest BCUT2D eigenvalue weighted by atomic mass is 10.0. The van der Waals surface area contributed by atoms with Crippen molar-refractivity contribution in [3.05, 3.63) is 81.7 Å². The number of nitrogens with one attached hydrogen (secondary N) is 3. The summed E-state index contributed by atoms with van der Waals surface area (Å²) in [5.74, 6) is -14.7. The fourth-order valence-corrected chi connectivity index (χ4v) is 5.65. The van der Waals surface area contributed by atoms with E-state index in [1.807, 2.05) is 0 Å². The Hall–Kier alpha value is -3.36. The SMILES string of the molecule is CCC(F)(F)C(=O)Nc1c(F)ccc(NC(=O)C2=CC(NC(=O)[C@H]3[C@H](c4ccc(F)c(C(F)(F)F)c4)C3(Cl)Cl)CC=C2Cl)c1F. The van der Waals surface area contributed by atoms with Crippen molar-refractivity contribution in [3.8, 4) is 0 Å². The predicted molar refractivity (Wildman–Crippen MR) is 149 cm³/mol. The summed E-state index contributed by atoms with van der Waals surface area (Å²) >= 11 is 18.5. The van der Waals surface area contributed by atoms with Gasteiger partial charge in [-0.3, -0.25) is 14.4 Å². The minimum atomic E-state index is -5.01. The van der Waals surface area contributed by atoms with Gasteiger partial charge in [-0.15, -0.1) is 23.2 Å². The second kappa shape index (κ2) is 12.4. The van der Waals surface area contributed by atoms with E-state index in [1.54, 1.807) is 0 Å². The number of halogens is 11. The Morgan fingerprint density at radius 3 is 2.24 bits per heavy atom. The molecule has 3 atom stereocenters. The number of amides is 3. The van der Waals surface area contributed by atoms with Crippen LogP contribution in [0.5, 0.6) is 0 Å². The Kier molecular flexibility index (Phi) is 9.54. The van der Waals surface area contributed by atoms with E-state index in [1.165, 1.54) is 17.5 Å². The zero-order valence-electron chi connectivity index (χ0n) is 22.6. The molecule has 1 saturated carbocycles. The van der Waals surface area contributed by atoms with E-state index in [-0.39, 0.29) is 22.6 Å². The quantitative estimate of drug-likeness (QED) is 0.196. The average molecular weight is 705 g/mol. The Labute approximate surface area is 264 Å². The first-order valence-electron chi connectivity index (χ1n) is 12.9. The zero-order chi connectivity index (χ0) is 33.6. The Morgan fingerprint density at radius 2 is 1.62 bits per heavy atom. The molecule has 242 valence electrons. The maximum atomic E-state index is 15.0. The summed E-state index contributed by atoms with van der Waals surface area (Å²) < 4.78 is 108. The zero-order valence-corrected chi connectivity index (χ0v) is 24.8. The molecule has 2 aromatic carbocycles. The highest BCUT2D eigenvalue weighted by molar-refractivity contribution is 6.53. The highest BCUT2D eigenvalue weighted by Gasteiger charge is 2.68. The van der Waals surface area contributed by atoms with Crippen LogP contribution in [0, 0.1) is 23.4 Å². The van der Waals surface area contributed by atoms with Gasteiger partial charge in [-0.25, -0.2) is 13.2 Å². The Bertz CT molecular complexity index is 1630. The van der Waals surface area contributed by atoms with E-state index >= 15 is 0 Å². The van der Waals surface area contributed by atoms with Crippen molar-refractivity contribution in [2.24, 2.45) is 5.92 Å². The Morgan fingerprint density at radius 1 is 0.978 bits per heavy atom. The normalized spacial score (nSPS) is 20.9. The summed E-state index contributed by atoms with van der Waals surface area (Å²) in [7, 11) is 0. The number of alkyl halides is 7. The largest absolute Gasteiger partial charge is 0.419 e. The smallest absolute Gasteiger partial charge is 0.349 e. The maximum absolute atomic E-state index is 15.0. The first-order valence-corrected chi connectivity index (χ1v) is 14.0. The molecule has 0 aromatic heterocycles. The van der Waals surface area contributed by atoms with E-state index in [0.29, 0.717) is 18.2 Å². The van der Waals surface area contributed by atoms with E-state index in [0.717, 1.165) is 19.1 Å². The molecule has 0 heterocycles. The van der Waals surface area contributed by atoms with Crippen LogP contribution in [-0.4, -0.2) is 34.0 Å². The molecule has 1 fully saturated rings. The van der Waals surface area contributed by atoms with Crippen molar-refractivity contribution in [3.63, 3.8) is 0 Å². The second-order valence-corrected chi connectivity index (χ2v) is 12.0. The molecule has 1 unspecified atom stereocenters. The van der Waals surface area contributed by atoms with Gasteiger partial charge in [0.15, 0.2) is 5.82 Å². The summed E-state index contributed by atoms with van der Waals surface area (Å²) in [5.41, 5.74) is -3.94. The molecule has 0 aliphatic heterocycles. The van der Waals surface area contributed by atoms with Crippen LogP contribution in [0.2, 0.25) is 0 Å². The van der Waals surface area contributed by atoms with Gasteiger partial charge in [0.05, 0.1) is 28.8 Å². The van der Waals surface area contributed by atoms with Gasteiger partial charge in [-0.05, 0) is 42.3 Å². The van der Waals surface area contributed by atoms with Crippen LogP contribution in [0.25, 0.3) is 0 Å². The highest BCUT2D eigenvalue weighted by Crippen LogP contribution is 2.65. The lowest BCUT2D eigenvalue weighted by molar-refractivity contribution is -0.140. The molecule has 3 N–H and O–H groups in total. The van der Waals surface area contributed by atoms with E-state index in [4.69, 9.17) is 34.8 Å². The molecule has 0 saturated heterocycles. The van der Waals surface area contributed by atoms with Gasteiger partial charge >= 0.3 is 12.1 Å². The molecule has 0 spiro atoms. The standard InChI is InChI=1S/C28H20Cl3F8N3O3/c1-2-26(35,36)25(45)42-22-17(33)7-8-18(21(22)34)41-23(43)13-10-12(4-5-15(13)29)40-24(44)20-19(27(20,30)31)11-3-6-16(32)14(9-11)28(37,38)39/h3,5-10,12,19-20H,2,4H2,1H3,(H,40,44)(H,41,43)(H,42,45)/t12?,19-,20+/m0/s1. The molecular weight excluding hydrogens is 685 g/mol. The number of hydrogen-bond donors (Lipinski definition) is 3. The number of hydrogen-bond acceptors (Lipinski definition) is 3. The van der Waals surface area contributed by atoms with Gasteiger partial charge < -0.3 is 16.0 Å². The summed E-state index contributed by atoms with van der Waals surface area (Å²) in [6, 6.07) is 2.55. The lowest BCUT2D eigenvalue weighted by Gasteiger charge is -2.21. The van der Waals surface area contributed by atoms with Crippen molar-refractivity contribution in [1.29, 1.82) is 0 Å². The molecule has 3 amide bonds. The van der Waals surface area contributed by atoms with Gasteiger partial charge in [0.2, 0.25) is 5.91 Å². The number of anilines is 2. The van der Waals surface area contributed by atoms with E-state index < -0.39 is 92.8 Å². The van der Waals surface area contributed by atoms with Crippen LogP contribution in [0.3, 0.4) is 0 Å². The van der Waals surface area contributed by atoms with Crippen LogP contribution >= 0.6 is 34.8 Å². The molecular formula is C28H20Cl3F8N3O3. The van der Waals surface area contributed by atoms with Crippen molar-refractivity contribution >= 4 is 63.9 Å². The van der Waals surface area contributed by atoms with E-state index in [9.17, 15) is 49.5 Å². The molecule has 2 aromatic rings. The first kappa shape index (κ1) is 34.5. The topological polar surface area (TPSA) is 87.3 Å². The van der Waals surface area contributed by atoms with Gasteiger partial charge in [0, 0.05) is 17.4 Å². The molecule has 4 rings (SSSR count). The number of carbonyl (C=O) groups is 3. The lowest BCUT2D eigenvalue weighted by Crippen LogP contribution is -2.37. The third-order valence-electron chi connectivity index (χ3n) is 7.09. The van der Waals surface area contributed by atoms with Crippen LogP contribution < -0.4 is 16.0 Å². The monoisotopic (exact) mass is 703 g/mol. The van der Waals surface area contributed by atoms with Crippen LogP contribution in [0.4, 0.5) is 46.5 Å². The minimum absolute atomic E-state index is 0.0256. The molecule has 0 bridgehead atoms. The van der Waals surface area contributed by atoms with Crippen molar-refractivity contribution < 1.29 is 49.5 Å².